The van der Waals surface area contributed by atoms with Crippen LogP contribution in [0.4, 0.5) is 0 Å². The molecule has 2 rings (SSSR count). The molecule has 2 unspecified atom stereocenters. The Balaban J connectivity index is 1.76. The first-order valence-corrected chi connectivity index (χ1v) is 7.41. The molecule has 112 valence electrons. The zero-order valence-corrected chi connectivity index (χ0v) is 12.6. The summed E-state index contributed by atoms with van der Waals surface area (Å²) in [7, 11) is 0. The van der Waals surface area contributed by atoms with E-state index in [0.29, 0.717) is 17.6 Å². The van der Waals surface area contributed by atoms with Gasteiger partial charge in [0.25, 0.3) is 0 Å². The Hall–Kier alpha value is -0.810. The van der Waals surface area contributed by atoms with Gasteiger partial charge in [0.05, 0.1) is 6.61 Å². The molecule has 0 radical (unpaired) electrons. The third-order valence-electron chi connectivity index (χ3n) is 3.53. The van der Waals surface area contributed by atoms with Crippen LogP contribution in [0, 0.1) is 0 Å². The van der Waals surface area contributed by atoms with Crippen molar-refractivity contribution in [3.05, 3.63) is 29.3 Å². The van der Waals surface area contributed by atoms with Crippen LogP contribution in [0.25, 0.3) is 0 Å². The van der Waals surface area contributed by atoms with Crippen LogP contribution in [0.15, 0.2) is 24.3 Å². The lowest BCUT2D eigenvalue weighted by Gasteiger charge is -2.28. The van der Waals surface area contributed by atoms with Crippen molar-refractivity contribution >= 4 is 11.6 Å². The van der Waals surface area contributed by atoms with Crippen LogP contribution in [0.3, 0.4) is 0 Å². The Morgan fingerprint density at radius 3 is 2.90 bits per heavy atom. The van der Waals surface area contributed by atoms with E-state index in [-0.39, 0.29) is 6.61 Å². The van der Waals surface area contributed by atoms with Crippen LogP contribution in [0.5, 0.6) is 5.75 Å². The topological polar surface area (TPSA) is 41.9 Å². The van der Waals surface area contributed by atoms with E-state index in [9.17, 15) is 5.11 Å². The first-order chi connectivity index (χ1) is 9.65. The molecule has 1 aromatic carbocycles. The molecule has 5 heteroatoms. The third-order valence-corrected chi connectivity index (χ3v) is 3.78. The van der Waals surface area contributed by atoms with Crippen LogP contribution in [0.2, 0.25) is 5.02 Å². The van der Waals surface area contributed by atoms with Gasteiger partial charge < -0.3 is 14.6 Å². The van der Waals surface area contributed by atoms with Gasteiger partial charge in [-0.2, -0.15) is 0 Å². The molecule has 0 spiro atoms. The number of rotatable bonds is 5. The largest absolute Gasteiger partial charge is 0.491 e. The predicted molar refractivity (Wildman–Crippen MR) is 79.4 cm³/mol. The molecule has 1 aliphatic rings. The van der Waals surface area contributed by atoms with Crippen LogP contribution >= 0.6 is 11.6 Å². The van der Waals surface area contributed by atoms with Crippen LogP contribution in [0.1, 0.15) is 13.3 Å². The number of hydrogen-bond acceptors (Lipinski definition) is 4. The van der Waals surface area contributed by atoms with Crippen molar-refractivity contribution < 1.29 is 14.6 Å². The number of aliphatic hydroxyl groups is 1. The molecule has 4 nitrogen and oxygen atoms in total. The molecule has 1 saturated heterocycles. The summed E-state index contributed by atoms with van der Waals surface area (Å²) in [4.78, 5) is 2.25. The number of aliphatic hydroxyl groups excluding tert-OH is 1. The fourth-order valence-electron chi connectivity index (χ4n) is 2.26. The summed E-state index contributed by atoms with van der Waals surface area (Å²) in [6.07, 6.45) is 0.497. The van der Waals surface area contributed by atoms with Gasteiger partial charge in [0.2, 0.25) is 0 Å². The summed E-state index contributed by atoms with van der Waals surface area (Å²) >= 11 is 5.81. The second kappa shape index (κ2) is 7.84. The number of hydrogen-bond donors (Lipinski definition) is 1. The minimum Gasteiger partial charge on any atom is -0.491 e. The molecular formula is C15H22ClNO3. The van der Waals surface area contributed by atoms with Gasteiger partial charge >= 0.3 is 0 Å². The summed E-state index contributed by atoms with van der Waals surface area (Å²) in [5.74, 6) is 0.723. The lowest BCUT2D eigenvalue weighted by molar-refractivity contribution is 0.0544. The Kier molecular flexibility index (Phi) is 6.10. The fraction of sp³-hybridized carbons (Fsp3) is 0.600. The molecule has 2 atom stereocenters. The second-order valence-electron chi connectivity index (χ2n) is 5.16. The van der Waals surface area contributed by atoms with Crippen LogP contribution in [-0.2, 0) is 4.74 Å². The van der Waals surface area contributed by atoms with Gasteiger partial charge in [-0.15, -0.1) is 0 Å². The standard InChI is InChI=1S/C15H22ClNO3/c1-12-6-8-19-9-7-17(12)10-14(18)11-20-15-4-2-13(16)3-5-15/h2-5,12,14,18H,6-11H2,1H3. The Morgan fingerprint density at radius 2 is 2.15 bits per heavy atom. The van der Waals surface area contributed by atoms with Gasteiger partial charge in [-0.3, -0.25) is 4.90 Å². The molecule has 1 fully saturated rings. The number of halogens is 1. The van der Waals surface area contributed by atoms with Crippen molar-refractivity contribution in [3.8, 4) is 5.75 Å². The molecule has 0 aromatic heterocycles. The molecule has 0 aliphatic carbocycles. The molecule has 1 aliphatic heterocycles. The summed E-state index contributed by atoms with van der Waals surface area (Å²) < 4.78 is 11.0. The Labute approximate surface area is 125 Å². The zero-order valence-electron chi connectivity index (χ0n) is 11.8. The highest BCUT2D eigenvalue weighted by atomic mass is 35.5. The van der Waals surface area contributed by atoms with Gasteiger partial charge in [-0.05, 0) is 37.6 Å². The Bertz CT molecular complexity index is 399. The quantitative estimate of drug-likeness (QED) is 0.905. The zero-order chi connectivity index (χ0) is 14.4. The fourth-order valence-corrected chi connectivity index (χ4v) is 2.38. The van der Waals surface area contributed by atoms with Crippen molar-refractivity contribution in [2.45, 2.75) is 25.5 Å². The highest BCUT2D eigenvalue weighted by molar-refractivity contribution is 6.30. The lowest BCUT2D eigenvalue weighted by Crippen LogP contribution is -2.41. The van der Waals surface area contributed by atoms with E-state index < -0.39 is 6.10 Å². The van der Waals surface area contributed by atoms with E-state index in [4.69, 9.17) is 21.1 Å². The average molecular weight is 300 g/mol. The normalized spacial score (nSPS) is 22.2. The molecule has 1 aromatic rings. The maximum atomic E-state index is 10.1. The Morgan fingerprint density at radius 1 is 1.40 bits per heavy atom. The minimum atomic E-state index is -0.508. The van der Waals surface area contributed by atoms with E-state index in [1.165, 1.54) is 0 Å². The first-order valence-electron chi connectivity index (χ1n) is 7.03. The number of benzene rings is 1. The highest BCUT2D eigenvalue weighted by Crippen LogP contribution is 2.16. The van der Waals surface area contributed by atoms with E-state index in [1.54, 1.807) is 24.3 Å². The maximum Gasteiger partial charge on any atom is 0.119 e. The van der Waals surface area contributed by atoms with E-state index in [2.05, 4.69) is 11.8 Å². The maximum absolute atomic E-state index is 10.1. The van der Waals surface area contributed by atoms with Crippen molar-refractivity contribution in [2.24, 2.45) is 0 Å². The van der Waals surface area contributed by atoms with Gasteiger partial charge in [0, 0.05) is 30.8 Å². The molecular weight excluding hydrogens is 278 g/mol. The number of β-amino-alcohol motifs (C(OH)–C–C–N with tert-alkyl or cyclic N) is 1. The smallest absolute Gasteiger partial charge is 0.119 e. The molecule has 0 bridgehead atoms. The second-order valence-corrected chi connectivity index (χ2v) is 5.60. The van der Waals surface area contributed by atoms with Crippen molar-refractivity contribution in [3.63, 3.8) is 0 Å². The molecule has 0 saturated carbocycles. The average Bonchev–Trinajstić information content (AvgIpc) is 2.64. The predicted octanol–water partition coefficient (Wildman–Crippen LogP) is 2.19. The van der Waals surface area contributed by atoms with Gasteiger partial charge in [-0.25, -0.2) is 0 Å². The van der Waals surface area contributed by atoms with Gasteiger partial charge in [0.15, 0.2) is 0 Å². The highest BCUT2D eigenvalue weighted by Gasteiger charge is 2.20. The first kappa shape index (κ1) is 15.6. The van der Waals surface area contributed by atoms with Gasteiger partial charge in [0.1, 0.15) is 18.5 Å². The third kappa shape index (κ3) is 4.94. The number of nitrogens with zero attached hydrogens (tertiary/aromatic N) is 1. The van der Waals surface area contributed by atoms with E-state index in [0.717, 1.165) is 31.9 Å². The molecule has 20 heavy (non-hydrogen) atoms. The van der Waals surface area contributed by atoms with Crippen LogP contribution in [-0.4, -0.2) is 55.1 Å². The number of ether oxygens (including phenoxy) is 2. The monoisotopic (exact) mass is 299 g/mol. The minimum absolute atomic E-state index is 0.283. The van der Waals surface area contributed by atoms with Crippen molar-refractivity contribution in [1.82, 2.24) is 4.90 Å². The van der Waals surface area contributed by atoms with Gasteiger partial charge in [-0.1, -0.05) is 11.6 Å². The molecule has 0 amide bonds. The van der Waals surface area contributed by atoms with Crippen molar-refractivity contribution in [2.75, 3.05) is 32.9 Å². The summed E-state index contributed by atoms with van der Waals surface area (Å²) in [6.45, 7) is 5.45. The van der Waals surface area contributed by atoms with Crippen molar-refractivity contribution in [1.29, 1.82) is 0 Å². The lowest BCUT2D eigenvalue weighted by atomic mass is 10.2. The summed E-state index contributed by atoms with van der Waals surface area (Å²) in [5, 5.41) is 10.8. The van der Waals surface area contributed by atoms with E-state index in [1.807, 2.05) is 0 Å². The SMILES string of the molecule is CC1CCOCCN1CC(O)COc1ccc(Cl)cc1. The molecule has 1 N–H and O–H groups in total. The summed E-state index contributed by atoms with van der Waals surface area (Å²) in [5.41, 5.74) is 0. The molecule has 1 heterocycles. The summed E-state index contributed by atoms with van der Waals surface area (Å²) in [6, 6.07) is 7.59. The van der Waals surface area contributed by atoms with Crippen LogP contribution < -0.4 is 4.74 Å². The van der Waals surface area contributed by atoms with E-state index >= 15 is 0 Å².